The van der Waals surface area contributed by atoms with Crippen molar-refractivity contribution < 1.29 is 27.7 Å². The molecule has 0 saturated carbocycles. The minimum absolute atomic E-state index is 0.0985. The van der Waals surface area contributed by atoms with Gasteiger partial charge in [-0.1, -0.05) is 101 Å². The van der Waals surface area contributed by atoms with Crippen LogP contribution in [0.15, 0.2) is 91.0 Å². The lowest BCUT2D eigenvalue weighted by Crippen LogP contribution is -2.47. The van der Waals surface area contributed by atoms with Crippen molar-refractivity contribution in [3.05, 3.63) is 96.6 Å². The Morgan fingerprint density at radius 2 is 1.26 bits per heavy atom. The van der Waals surface area contributed by atoms with Crippen LogP contribution in [-0.4, -0.2) is 30.2 Å². The van der Waals surface area contributed by atoms with Gasteiger partial charge < -0.3 is 13.8 Å². The quantitative estimate of drug-likeness (QED) is 0.0906. The zero-order valence-electron chi connectivity index (χ0n) is 25.9. The monoisotopic (exact) mass is 612 g/mol. The first kappa shape index (κ1) is 33.8. The summed E-state index contributed by atoms with van der Waals surface area (Å²) in [5.74, 6) is 0.635. The first-order valence-corrected chi connectivity index (χ1v) is 17.0. The van der Waals surface area contributed by atoms with Gasteiger partial charge in [0.15, 0.2) is 0 Å². The van der Waals surface area contributed by atoms with Crippen LogP contribution in [0.2, 0.25) is 0 Å². The number of esters is 1. The van der Waals surface area contributed by atoms with Crippen molar-refractivity contribution in [3.63, 3.8) is 0 Å². The lowest BCUT2D eigenvalue weighted by molar-refractivity contribution is -0.165. The molecular weight excluding hydrogens is 567 g/mol. The molecule has 0 aromatic heterocycles. The number of carbonyl (C=O) groups is 1. The van der Waals surface area contributed by atoms with Crippen molar-refractivity contribution in [2.45, 2.75) is 65.0 Å². The zero-order valence-corrected chi connectivity index (χ0v) is 27.6. The maximum absolute atomic E-state index is 13.9. The van der Waals surface area contributed by atoms with Crippen LogP contribution in [-0.2, 0) is 18.6 Å². The number of phosphoric ester groups is 1. The van der Waals surface area contributed by atoms with Crippen molar-refractivity contribution in [1.82, 2.24) is 0 Å². The van der Waals surface area contributed by atoms with E-state index >= 15 is 0 Å². The van der Waals surface area contributed by atoms with Crippen LogP contribution >= 0.6 is 19.6 Å². The fourth-order valence-corrected chi connectivity index (χ4v) is 6.77. The summed E-state index contributed by atoms with van der Waals surface area (Å²) in [5.41, 5.74) is 0.0502. The third-order valence-electron chi connectivity index (χ3n) is 7.95. The van der Waals surface area contributed by atoms with Gasteiger partial charge in [0.05, 0.1) is 12.0 Å². The Morgan fingerprint density at radius 3 is 1.74 bits per heavy atom. The smallest absolute Gasteiger partial charge is 0.463 e. The van der Waals surface area contributed by atoms with E-state index < -0.39 is 18.7 Å². The second-order valence-electron chi connectivity index (χ2n) is 12.1. The molecule has 2 unspecified atom stereocenters. The van der Waals surface area contributed by atoms with E-state index in [1.807, 2.05) is 37.3 Å². The van der Waals surface area contributed by atoms with E-state index in [9.17, 15) is 9.36 Å². The SMILES string of the molecule is CSC(C)(C)CC(C)(C(=O)OCCOP(=O)(Oc1ccccc1)Oc1ccccc1)C(C)(C)CC(C)c1ccccc1. The van der Waals surface area contributed by atoms with Gasteiger partial charge in [0, 0.05) is 4.75 Å². The molecule has 3 aromatic rings. The van der Waals surface area contributed by atoms with Gasteiger partial charge in [0.25, 0.3) is 0 Å². The third-order valence-corrected chi connectivity index (χ3v) is 10.6. The number of phosphoric acid groups is 1. The predicted octanol–water partition coefficient (Wildman–Crippen LogP) is 9.57. The summed E-state index contributed by atoms with van der Waals surface area (Å²) < 4.78 is 36.3. The van der Waals surface area contributed by atoms with Crippen LogP contribution in [0.3, 0.4) is 0 Å². The number of carbonyl (C=O) groups excluding carboxylic acids is 1. The molecule has 0 aliphatic carbocycles. The summed E-state index contributed by atoms with van der Waals surface area (Å²) in [6, 6.07) is 27.8. The molecule has 3 rings (SSSR count). The van der Waals surface area contributed by atoms with Gasteiger partial charge in [-0.05, 0) is 67.2 Å². The molecule has 0 N–H and O–H groups in total. The van der Waals surface area contributed by atoms with Crippen molar-refractivity contribution in [2.24, 2.45) is 10.8 Å². The summed E-state index contributed by atoms with van der Waals surface area (Å²) >= 11 is 1.73. The van der Waals surface area contributed by atoms with Crippen molar-refractivity contribution in [3.8, 4) is 11.5 Å². The highest BCUT2D eigenvalue weighted by Gasteiger charge is 2.51. The third kappa shape index (κ3) is 9.39. The van der Waals surface area contributed by atoms with Crippen LogP contribution in [0.5, 0.6) is 11.5 Å². The van der Waals surface area contributed by atoms with E-state index in [1.54, 1.807) is 60.3 Å². The van der Waals surface area contributed by atoms with Crippen molar-refractivity contribution in [2.75, 3.05) is 19.5 Å². The average Bonchev–Trinajstić information content (AvgIpc) is 2.96. The summed E-state index contributed by atoms with van der Waals surface area (Å²) in [6.07, 6.45) is 3.49. The minimum Gasteiger partial charge on any atom is -0.463 e. The highest BCUT2D eigenvalue weighted by Crippen LogP contribution is 2.53. The Kier molecular flexibility index (Phi) is 11.8. The Morgan fingerprint density at radius 1 is 0.786 bits per heavy atom. The summed E-state index contributed by atoms with van der Waals surface area (Å²) in [5, 5.41) is 0. The zero-order chi connectivity index (χ0) is 30.9. The molecule has 0 aliphatic heterocycles. The standard InChI is InChI=1S/C34H45O6PS/c1-27(28-17-11-8-12-18-28)25-32(2,3)34(6,26-33(4,5)42-7)31(35)37-23-24-38-41(36,39-29-19-13-9-14-20-29)40-30-21-15-10-16-22-30/h8-22,27H,23-26H2,1-7H3. The lowest BCUT2D eigenvalue weighted by atomic mass is 9.59. The van der Waals surface area contributed by atoms with E-state index in [4.69, 9.17) is 18.3 Å². The first-order valence-electron chi connectivity index (χ1n) is 14.3. The lowest BCUT2D eigenvalue weighted by Gasteiger charge is -2.47. The first-order chi connectivity index (χ1) is 19.8. The second kappa shape index (κ2) is 14.6. The van der Waals surface area contributed by atoms with Gasteiger partial charge in [0.1, 0.15) is 18.1 Å². The van der Waals surface area contributed by atoms with E-state index in [2.05, 4.69) is 53.0 Å². The van der Waals surface area contributed by atoms with Crippen LogP contribution in [0, 0.1) is 10.8 Å². The van der Waals surface area contributed by atoms with Gasteiger partial charge in [-0.2, -0.15) is 11.8 Å². The molecule has 0 heterocycles. The summed E-state index contributed by atoms with van der Waals surface area (Å²) in [7, 11) is -4.08. The molecule has 0 saturated heterocycles. The summed E-state index contributed by atoms with van der Waals surface area (Å²) in [6.45, 7) is 12.6. The molecule has 8 heteroatoms. The molecule has 6 nitrogen and oxygen atoms in total. The van der Waals surface area contributed by atoms with Gasteiger partial charge in [-0.3, -0.25) is 9.32 Å². The van der Waals surface area contributed by atoms with Crippen LogP contribution in [0.1, 0.15) is 65.9 Å². The second-order valence-corrected chi connectivity index (χ2v) is 15.1. The topological polar surface area (TPSA) is 71.1 Å². The highest BCUT2D eigenvalue weighted by atomic mass is 32.2. The fourth-order valence-electron chi connectivity index (χ4n) is 5.14. The van der Waals surface area contributed by atoms with Gasteiger partial charge in [-0.25, -0.2) is 4.57 Å². The Labute approximate surface area is 256 Å². The van der Waals surface area contributed by atoms with Crippen molar-refractivity contribution >= 4 is 25.6 Å². The molecule has 0 fully saturated rings. The maximum atomic E-state index is 13.9. The molecule has 0 amide bonds. The Bertz CT molecular complexity index is 1250. The van der Waals surface area contributed by atoms with Crippen LogP contribution < -0.4 is 9.05 Å². The number of thioether (sulfide) groups is 1. The molecule has 42 heavy (non-hydrogen) atoms. The number of hydrogen-bond acceptors (Lipinski definition) is 7. The van der Waals surface area contributed by atoms with E-state index in [0.29, 0.717) is 17.9 Å². The predicted molar refractivity (Wildman–Crippen MR) is 172 cm³/mol. The van der Waals surface area contributed by atoms with Gasteiger partial charge in [0.2, 0.25) is 0 Å². The molecule has 0 bridgehead atoms. The number of para-hydroxylation sites is 2. The largest absolute Gasteiger partial charge is 0.587 e. The normalized spacial score (nSPS) is 14.5. The van der Waals surface area contributed by atoms with Gasteiger partial charge in [-0.15, -0.1) is 0 Å². The maximum Gasteiger partial charge on any atom is 0.587 e. The average molecular weight is 613 g/mol. The fraction of sp³-hybridized carbons (Fsp3) is 0.441. The van der Waals surface area contributed by atoms with Crippen LogP contribution in [0.4, 0.5) is 0 Å². The van der Waals surface area contributed by atoms with E-state index in [-0.39, 0.29) is 29.8 Å². The summed E-state index contributed by atoms with van der Waals surface area (Å²) in [4.78, 5) is 13.9. The van der Waals surface area contributed by atoms with Crippen LogP contribution in [0.25, 0.3) is 0 Å². The Balaban J connectivity index is 1.73. The molecule has 2 atom stereocenters. The van der Waals surface area contributed by atoms with Crippen molar-refractivity contribution in [1.29, 1.82) is 0 Å². The molecule has 0 radical (unpaired) electrons. The number of benzene rings is 3. The number of hydrogen-bond donors (Lipinski definition) is 0. The number of ether oxygens (including phenoxy) is 1. The number of rotatable bonds is 16. The highest BCUT2D eigenvalue weighted by molar-refractivity contribution is 7.99. The van der Waals surface area contributed by atoms with E-state index in [0.717, 1.165) is 6.42 Å². The molecule has 3 aromatic carbocycles. The molecule has 0 spiro atoms. The van der Waals surface area contributed by atoms with Gasteiger partial charge >= 0.3 is 13.8 Å². The minimum atomic E-state index is -4.08. The molecule has 228 valence electrons. The molecular formula is C34H45O6PS. The molecule has 0 aliphatic rings. The Hall–Kier alpha value is -2.73. The van der Waals surface area contributed by atoms with E-state index in [1.165, 1.54) is 5.56 Å².